The molecule has 3 N–H and O–H groups in total. The Hall–Kier alpha value is -1.32. The standard InChI is InChI=1S/C11H13NO2/c1-7(12)11(13)10-6-8-4-2-3-5-9(8)14-10/h2-7,11,13H,12H2,1H3/t7-,11-/m1/s1. The zero-order chi connectivity index (χ0) is 10.1. The average molecular weight is 191 g/mol. The third-order valence-corrected chi connectivity index (χ3v) is 2.23. The molecule has 2 atom stereocenters. The van der Waals surface area contributed by atoms with Crippen LogP contribution in [-0.4, -0.2) is 11.1 Å². The Labute approximate surface area is 82.1 Å². The minimum atomic E-state index is -0.734. The van der Waals surface area contributed by atoms with Crippen molar-refractivity contribution >= 4 is 11.0 Å². The van der Waals surface area contributed by atoms with Gasteiger partial charge in [-0.25, -0.2) is 0 Å². The highest BCUT2D eigenvalue weighted by molar-refractivity contribution is 5.77. The zero-order valence-electron chi connectivity index (χ0n) is 7.97. The summed E-state index contributed by atoms with van der Waals surface area (Å²) in [5.41, 5.74) is 6.36. The first-order valence-corrected chi connectivity index (χ1v) is 4.60. The van der Waals surface area contributed by atoms with Gasteiger partial charge in [0.05, 0.1) is 0 Å². The highest BCUT2D eigenvalue weighted by Crippen LogP contribution is 2.24. The Bertz CT molecular complexity index is 401. The van der Waals surface area contributed by atoms with Gasteiger partial charge in [-0.1, -0.05) is 18.2 Å². The predicted molar refractivity (Wildman–Crippen MR) is 54.8 cm³/mol. The van der Waals surface area contributed by atoms with Gasteiger partial charge in [0, 0.05) is 11.4 Å². The summed E-state index contributed by atoms with van der Waals surface area (Å²) in [6.07, 6.45) is -0.734. The summed E-state index contributed by atoms with van der Waals surface area (Å²) in [6, 6.07) is 9.13. The number of hydrogen-bond donors (Lipinski definition) is 2. The van der Waals surface area contributed by atoms with E-state index >= 15 is 0 Å². The molecule has 0 bridgehead atoms. The molecular formula is C11H13NO2. The average Bonchev–Trinajstić information content (AvgIpc) is 2.59. The molecule has 3 nitrogen and oxygen atoms in total. The first-order valence-electron chi connectivity index (χ1n) is 4.60. The van der Waals surface area contributed by atoms with Crippen molar-refractivity contribution in [2.45, 2.75) is 19.1 Å². The molecule has 0 fully saturated rings. The molecule has 0 spiro atoms. The Balaban J connectivity index is 2.45. The van der Waals surface area contributed by atoms with Crippen LogP contribution in [0.5, 0.6) is 0 Å². The number of furan rings is 1. The largest absolute Gasteiger partial charge is 0.458 e. The lowest BCUT2D eigenvalue weighted by molar-refractivity contribution is 0.129. The van der Waals surface area contributed by atoms with Crippen LogP contribution in [0.1, 0.15) is 18.8 Å². The van der Waals surface area contributed by atoms with Crippen molar-refractivity contribution in [3.8, 4) is 0 Å². The van der Waals surface area contributed by atoms with E-state index in [-0.39, 0.29) is 6.04 Å². The lowest BCUT2D eigenvalue weighted by atomic mass is 10.1. The summed E-state index contributed by atoms with van der Waals surface area (Å²) in [5.74, 6) is 0.529. The molecule has 0 saturated heterocycles. The molecule has 0 saturated carbocycles. The normalized spacial score (nSPS) is 15.6. The molecule has 14 heavy (non-hydrogen) atoms. The zero-order valence-corrected chi connectivity index (χ0v) is 7.97. The smallest absolute Gasteiger partial charge is 0.135 e. The maximum absolute atomic E-state index is 9.68. The molecule has 1 aromatic heterocycles. The van der Waals surface area contributed by atoms with Gasteiger partial charge in [0.1, 0.15) is 17.4 Å². The molecule has 1 aromatic carbocycles. The van der Waals surface area contributed by atoms with E-state index in [2.05, 4.69) is 0 Å². The second kappa shape index (κ2) is 3.44. The van der Waals surface area contributed by atoms with Crippen molar-refractivity contribution < 1.29 is 9.52 Å². The van der Waals surface area contributed by atoms with Gasteiger partial charge < -0.3 is 15.3 Å². The van der Waals surface area contributed by atoms with Crippen LogP contribution >= 0.6 is 0 Å². The molecule has 2 rings (SSSR count). The number of rotatable bonds is 2. The minimum Gasteiger partial charge on any atom is -0.458 e. The Morgan fingerprint density at radius 1 is 1.36 bits per heavy atom. The molecule has 3 heteroatoms. The van der Waals surface area contributed by atoms with Crippen LogP contribution < -0.4 is 5.73 Å². The molecule has 0 radical (unpaired) electrons. The number of aliphatic hydroxyl groups is 1. The highest BCUT2D eigenvalue weighted by Gasteiger charge is 2.16. The van der Waals surface area contributed by atoms with E-state index in [1.165, 1.54) is 0 Å². The van der Waals surface area contributed by atoms with Gasteiger partial charge in [-0.2, -0.15) is 0 Å². The number of benzene rings is 1. The molecule has 0 aliphatic carbocycles. The van der Waals surface area contributed by atoms with Crippen LogP contribution in [0.3, 0.4) is 0 Å². The van der Waals surface area contributed by atoms with Gasteiger partial charge in [0.25, 0.3) is 0 Å². The van der Waals surface area contributed by atoms with Crippen LogP contribution in [0.2, 0.25) is 0 Å². The Kier molecular flexibility index (Phi) is 2.27. The fourth-order valence-electron chi connectivity index (χ4n) is 1.41. The summed E-state index contributed by atoms with van der Waals surface area (Å²) in [6.45, 7) is 1.75. The molecule has 1 heterocycles. The van der Waals surface area contributed by atoms with Gasteiger partial charge in [-0.05, 0) is 19.1 Å². The SMILES string of the molecule is C[C@@H](N)[C@@H](O)c1cc2ccccc2o1. The molecule has 0 amide bonds. The second-order valence-corrected chi connectivity index (χ2v) is 3.49. The van der Waals surface area contributed by atoms with E-state index in [1.807, 2.05) is 30.3 Å². The number of para-hydroxylation sites is 1. The number of hydrogen-bond acceptors (Lipinski definition) is 3. The van der Waals surface area contributed by atoms with Gasteiger partial charge in [-0.15, -0.1) is 0 Å². The van der Waals surface area contributed by atoms with Gasteiger partial charge in [0.15, 0.2) is 0 Å². The first-order chi connectivity index (χ1) is 6.68. The lowest BCUT2D eigenvalue weighted by Crippen LogP contribution is -2.23. The number of aliphatic hydroxyl groups excluding tert-OH is 1. The summed E-state index contributed by atoms with van der Waals surface area (Å²) < 4.78 is 5.46. The van der Waals surface area contributed by atoms with Crippen molar-refractivity contribution in [1.29, 1.82) is 0 Å². The Morgan fingerprint density at radius 3 is 2.71 bits per heavy atom. The fraction of sp³-hybridized carbons (Fsp3) is 0.273. The summed E-state index contributed by atoms with van der Waals surface area (Å²) in [5, 5.41) is 10.7. The van der Waals surface area contributed by atoms with Crippen molar-refractivity contribution in [3.63, 3.8) is 0 Å². The van der Waals surface area contributed by atoms with Crippen LogP contribution in [0.25, 0.3) is 11.0 Å². The van der Waals surface area contributed by atoms with Crippen molar-refractivity contribution in [2.24, 2.45) is 5.73 Å². The van der Waals surface area contributed by atoms with Crippen molar-refractivity contribution in [3.05, 3.63) is 36.1 Å². The molecule has 0 unspecified atom stereocenters. The summed E-state index contributed by atoms with van der Waals surface area (Å²) >= 11 is 0. The van der Waals surface area contributed by atoms with Crippen LogP contribution in [-0.2, 0) is 0 Å². The molecular weight excluding hydrogens is 178 g/mol. The van der Waals surface area contributed by atoms with E-state index in [0.717, 1.165) is 11.0 Å². The third-order valence-electron chi connectivity index (χ3n) is 2.23. The molecule has 74 valence electrons. The molecule has 0 aliphatic heterocycles. The van der Waals surface area contributed by atoms with Crippen LogP contribution in [0.15, 0.2) is 34.7 Å². The second-order valence-electron chi connectivity index (χ2n) is 3.49. The summed E-state index contributed by atoms with van der Waals surface area (Å²) in [4.78, 5) is 0. The number of nitrogens with two attached hydrogens (primary N) is 1. The van der Waals surface area contributed by atoms with E-state index in [0.29, 0.717) is 5.76 Å². The monoisotopic (exact) mass is 191 g/mol. The van der Waals surface area contributed by atoms with Gasteiger partial charge >= 0.3 is 0 Å². The van der Waals surface area contributed by atoms with Crippen LogP contribution in [0.4, 0.5) is 0 Å². The van der Waals surface area contributed by atoms with E-state index in [4.69, 9.17) is 10.2 Å². The number of fused-ring (bicyclic) bond motifs is 1. The quantitative estimate of drug-likeness (QED) is 0.761. The van der Waals surface area contributed by atoms with Crippen molar-refractivity contribution in [2.75, 3.05) is 0 Å². The Morgan fingerprint density at radius 2 is 2.07 bits per heavy atom. The van der Waals surface area contributed by atoms with E-state index < -0.39 is 6.10 Å². The topological polar surface area (TPSA) is 59.4 Å². The lowest BCUT2D eigenvalue weighted by Gasteiger charge is -2.10. The van der Waals surface area contributed by atoms with Gasteiger partial charge in [0.2, 0.25) is 0 Å². The fourth-order valence-corrected chi connectivity index (χ4v) is 1.41. The molecule has 0 aliphatic rings. The van der Waals surface area contributed by atoms with E-state index in [9.17, 15) is 5.11 Å². The van der Waals surface area contributed by atoms with E-state index in [1.54, 1.807) is 6.92 Å². The third kappa shape index (κ3) is 1.52. The minimum absolute atomic E-state index is 0.324. The highest BCUT2D eigenvalue weighted by atomic mass is 16.4. The predicted octanol–water partition coefficient (Wildman–Crippen LogP) is 1.81. The summed E-state index contributed by atoms with van der Waals surface area (Å²) in [7, 11) is 0. The van der Waals surface area contributed by atoms with Crippen LogP contribution in [0, 0.1) is 0 Å². The maximum atomic E-state index is 9.68. The van der Waals surface area contributed by atoms with Crippen molar-refractivity contribution in [1.82, 2.24) is 0 Å². The first kappa shape index (κ1) is 9.24. The molecule has 2 aromatic rings. The maximum Gasteiger partial charge on any atom is 0.135 e. The van der Waals surface area contributed by atoms with Gasteiger partial charge in [-0.3, -0.25) is 0 Å².